The lowest BCUT2D eigenvalue weighted by Gasteiger charge is -2.43. The highest BCUT2D eigenvalue weighted by Crippen LogP contribution is 2.28. The first-order valence-corrected chi connectivity index (χ1v) is 7.28. The van der Waals surface area contributed by atoms with Crippen LogP contribution in [0.25, 0.3) is 0 Å². The number of hydrogen-bond donors (Lipinski definition) is 1. The van der Waals surface area contributed by atoms with Crippen molar-refractivity contribution in [1.29, 1.82) is 0 Å². The van der Waals surface area contributed by atoms with Crippen molar-refractivity contribution in [2.24, 2.45) is 11.1 Å². The quantitative estimate of drug-likeness (QED) is 0.805. The van der Waals surface area contributed by atoms with E-state index >= 15 is 0 Å². The second-order valence-corrected chi connectivity index (χ2v) is 5.42. The monoisotopic (exact) mass is 255 g/mol. The Bertz CT molecular complexity index is 268. The number of likely N-dealkylation sites (N-methyl/N-ethyl adjacent to an activating group) is 1. The van der Waals surface area contributed by atoms with E-state index in [0.29, 0.717) is 12.6 Å². The Kier molecular flexibility index (Phi) is 5.60. The molecule has 1 atom stereocenters. The molecule has 1 aliphatic rings. The highest BCUT2D eigenvalue weighted by molar-refractivity contribution is 5.83. The van der Waals surface area contributed by atoms with E-state index in [1.54, 1.807) is 0 Å². The zero-order chi connectivity index (χ0) is 13.8. The van der Waals surface area contributed by atoms with Gasteiger partial charge in [-0.1, -0.05) is 20.8 Å². The lowest BCUT2D eigenvalue weighted by atomic mass is 9.80. The Balaban J connectivity index is 2.73. The molecule has 1 unspecified atom stereocenters. The fraction of sp³-hybridized carbons (Fsp3) is 0.929. The van der Waals surface area contributed by atoms with Crippen molar-refractivity contribution >= 4 is 5.91 Å². The van der Waals surface area contributed by atoms with E-state index in [9.17, 15) is 4.79 Å². The number of amides is 1. The first kappa shape index (κ1) is 15.4. The third-order valence-electron chi connectivity index (χ3n) is 4.66. The van der Waals surface area contributed by atoms with Gasteiger partial charge in [0.1, 0.15) is 0 Å². The Hall–Kier alpha value is -0.610. The molecule has 0 aromatic rings. The second kappa shape index (κ2) is 6.53. The Morgan fingerprint density at radius 2 is 1.89 bits per heavy atom. The standard InChI is InChI=1S/C14H29N3O/c1-5-14(6-2,11-15)13(18)17-9-8-16(7-3)12(4)10-17/h12H,5-11,15H2,1-4H3. The number of carbonyl (C=O) groups excluding carboxylic acids is 1. The van der Waals surface area contributed by atoms with Crippen LogP contribution >= 0.6 is 0 Å². The lowest BCUT2D eigenvalue weighted by molar-refractivity contribution is -0.145. The van der Waals surface area contributed by atoms with Crippen molar-refractivity contribution in [3.05, 3.63) is 0 Å². The summed E-state index contributed by atoms with van der Waals surface area (Å²) >= 11 is 0. The van der Waals surface area contributed by atoms with E-state index < -0.39 is 0 Å². The fourth-order valence-corrected chi connectivity index (χ4v) is 2.91. The zero-order valence-corrected chi connectivity index (χ0v) is 12.4. The minimum Gasteiger partial charge on any atom is -0.339 e. The summed E-state index contributed by atoms with van der Waals surface area (Å²) < 4.78 is 0. The average molecular weight is 255 g/mol. The van der Waals surface area contributed by atoms with E-state index in [1.165, 1.54) is 0 Å². The predicted octanol–water partition coefficient (Wildman–Crippen LogP) is 1.30. The lowest BCUT2D eigenvalue weighted by Crippen LogP contribution is -2.57. The van der Waals surface area contributed by atoms with E-state index in [2.05, 4.69) is 32.6 Å². The van der Waals surface area contributed by atoms with Gasteiger partial charge >= 0.3 is 0 Å². The third-order valence-corrected chi connectivity index (χ3v) is 4.66. The highest BCUT2D eigenvalue weighted by atomic mass is 16.2. The molecule has 0 saturated carbocycles. The topological polar surface area (TPSA) is 49.6 Å². The molecule has 4 nitrogen and oxygen atoms in total. The highest BCUT2D eigenvalue weighted by Gasteiger charge is 2.38. The molecule has 4 heteroatoms. The molecule has 1 aliphatic heterocycles. The Labute approximate surface area is 111 Å². The van der Waals surface area contributed by atoms with Crippen LogP contribution in [0.15, 0.2) is 0 Å². The van der Waals surface area contributed by atoms with Crippen molar-refractivity contribution < 1.29 is 4.79 Å². The van der Waals surface area contributed by atoms with E-state index in [0.717, 1.165) is 39.0 Å². The molecule has 0 aliphatic carbocycles. The largest absolute Gasteiger partial charge is 0.339 e. The summed E-state index contributed by atoms with van der Waals surface area (Å²) in [5, 5.41) is 0. The van der Waals surface area contributed by atoms with Gasteiger partial charge in [0.2, 0.25) is 5.91 Å². The zero-order valence-electron chi connectivity index (χ0n) is 12.4. The van der Waals surface area contributed by atoms with Crippen molar-refractivity contribution in [2.45, 2.75) is 46.6 Å². The van der Waals surface area contributed by atoms with Crippen LogP contribution in [-0.4, -0.2) is 54.5 Å². The van der Waals surface area contributed by atoms with Gasteiger partial charge < -0.3 is 10.6 Å². The van der Waals surface area contributed by atoms with Crippen LogP contribution in [0.2, 0.25) is 0 Å². The number of hydrogen-bond acceptors (Lipinski definition) is 3. The molecule has 1 rings (SSSR count). The van der Waals surface area contributed by atoms with E-state index in [4.69, 9.17) is 5.73 Å². The fourth-order valence-electron chi connectivity index (χ4n) is 2.91. The molecule has 0 bridgehead atoms. The minimum atomic E-state index is -0.339. The number of nitrogens with zero attached hydrogens (tertiary/aromatic N) is 2. The van der Waals surface area contributed by atoms with Crippen LogP contribution in [0.4, 0.5) is 0 Å². The maximum atomic E-state index is 12.7. The molecule has 1 heterocycles. The molecule has 106 valence electrons. The molecule has 1 amide bonds. The van der Waals surface area contributed by atoms with Gasteiger partial charge in [-0.15, -0.1) is 0 Å². The maximum absolute atomic E-state index is 12.7. The Morgan fingerprint density at radius 1 is 1.28 bits per heavy atom. The molecule has 2 N–H and O–H groups in total. The molecule has 0 spiro atoms. The van der Waals surface area contributed by atoms with Crippen molar-refractivity contribution in [2.75, 3.05) is 32.7 Å². The maximum Gasteiger partial charge on any atom is 0.230 e. The number of rotatable bonds is 5. The molecule has 18 heavy (non-hydrogen) atoms. The third kappa shape index (κ3) is 2.86. The van der Waals surface area contributed by atoms with E-state index in [1.807, 2.05) is 4.90 Å². The average Bonchev–Trinajstić information content (AvgIpc) is 2.41. The summed E-state index contributed by atoms with van der Waals surface area (Å²) in [7, 11) is 0. The van der Waals surface area contributed by atoms with Crippen LogP contribution in [0.5, 0.6) is 0 Å². The van der Waals surface area contributed by atoms with Gasteiger partial charge in [0.25, 0.3) is 0 Å². The molecular formula is C14H29N3O. The first-order valence-electron chi connectivity index (χ1n) is 7.28. The summed E-state index contributed by atoms with van der Waals surface area (Å²) in [6.45, 7) is 12.7. The van der Waals surface area contributed by atoms with Gasteiger partial charge in [-0.3, -0.25) is 9.69 Å². The van der Waals surface area contributed by atoms with Gasteiger partial charge in [-0.05, 0) is 26.3 Å². The summed E-state index contributed by atoms with van der Waals surface area (Å²) in [5.74, 6) is 0.262. The molecule has 1 fully saturated rings. The number of carbonyl (C=O) groups is 1. The second-order valence-electron chi connectivity index (χ2n) is 5.42. The predicted molar refractivity (Wildman–Crippen MR) is 75.4 cm³/mol. The minimum absolute atomic E-state index is 0.262. The van der Waals surface area contributed by atoms with Gasteiger partial charge in [-0.25, -0.2) is 0 Å². The van der Waals surface area contributed by atoms with Crippen LogP contribution in [0.3, 0.4) is 0 Å². The van der Waals surface area contributed by atoms with Crippen molar-refractivity contribution in [3.63, 3.8) is 0 Å². The van der Waals surface area contributed by atoms with Gasteiger partial charge in [0, 0.05) is 32.2 Å². The SMILES string of the molecule is CCN1CCN(C(=O)C(CC)(CC)CN)CC1C. The molecule has 0 aromatic carbocycles. The summed E-state index contributed by atoms with van der Waals surface area (Å²) in [6.07, 6.45) is 1.67. The first-order chi connectivity index (χ1) is 8.54. The molecule has 1 saturated heterocycles. The normalized spacial score (nSPS) is 22.3. The van der Waals surface area contributed by atoms with Crippen LogP contribution in [0, 0.1) is 5.41 Å². The Morgan fingerprint density at radius 3 is 2.28 bits per heavy atom. The number of piperazine rings is 1. The summed E-state index contributed by atoms with van der Waals surface area (Å²) in [6, 6.07) is 0.455. The van der Waals surface area contributed by atoms with Crippen LogP contribution in [-0.2, 0) is 4.79 Å². The number of nitrogens with two attached hydrogens (primary N) is 1. The summed E-state index contributed by atoms with van der Waals surface area (Å²) in [4.78, 5) is 17.1. The smallest absolute Gasteiger partial charge is 0.230 e. The van der Waals surface area contributed by atoms with Crippen molar-refractivity contribution in [1.82, 2.24) is 9.80 Å². The molecule has 0 aromatic heterocycles. The summed E-state index contributed by atoms with van der Waals surface area (Å²) in [5.41, 5.74) is 5.53. The van der Waals surface area contributed by atoms with Gasteiger partial charge in [0.15, 0.2) is 0 Å². The van der Waals surface area contributed by atoms with Crippen LogP contribution in [0.1, 0.15) is 40.5 Å². The van der Waals surface area contributed by atoms with Crippen molar-refractivity contribution in [3.8, 4) is 0 Å². The van der Waals surface area contributed by atoms with E-state index in [-0.39, 0.29) is 11.3 Å². The molecule has 0 radical (unpaired) electrons. The molecular weight excluding hydrogens is 226 g/mol. The van der Waals surface area contributed by atoms with Gasteiger partial charge in [0.05, 0.1) is 5.41 Å². The van der Waals surface area contributed by atoms with Gasteiger partial charge in [-0.2, -0.15) is 0 Å². The van der Waals surface area contributed by atoms with Crippen LogP contribution < -0.4 is 5.73 Å².